The van der Waals surface area contributed by atoms with Crippen LogP contribution in [0.2, 0.25) is 0 Å². The standard InChI is InChI=1S/C13H17BrN4/c1-3-18-8-10(7-16-18)13(17-15)11-6-9(2)4-5-12(11)14/h4-8,13,17H,3,15H2,1-2H3. The quantitative estimate of drug-likeness (QED) is 0.674. The maximum atomic E-state index is 5.70. The molecule has 2 rings (SSSR count). The smallest absolute Gasteiger partial charge is 0.0751 e. The van der Waals surface area contributed by atoms with Crippen LogP contribution in [-0.2, 0) is 6.54 Å². The van der Waals surface area contributed by atoms with Gasteiger partial charge in [0.05, 0.1) is 12.2 Å². The lowest BCUT2D eigenvalue weighted by Gasteiger charge is -2.17. The fraction of sp³-hybridized carbons (Fsp3) is 0.308. The van der Waals surface area contributed by atoms with Crippen molar-refractivity contribution in [3.05, 3.63) is 51.8 Å². The monoisotopic (exact) mass is 308 g/mol. The van der Waals surface area contributed by atoms with Gasteiger partial charge in [-0.1, -0.05) is 33.6 Å². The highest BCUT2D eigenvalue weighted by molar-refractivity contribution is 9.10. The third kappa shape index (κ3) is 2.63. The molecule has 96 valence electrons. The van der Waals surface area contributed by atoms with Crippen LogP contribution in [0.25, 0.3) is 0 Å². The second-order valence-corrected chi connectivity index (χ2v) is 5.11. The molecule has 0 aliphatic carbocycles. The number of hydrazine groups is 1. The third-order valence-electron chi connectivity index (χ3n) is 2.94. The zero-order chi connectivity index (χ0) is 13.1. The number of hydrogen-bond donors (Lipinski definition) is 2. The molecule has 5 heteroatoms. The number of aromatic nitrogens is 2. The van der Waals surface area contributed by atoms with Crippen molar-refractivity contribution < 1.29 is 0 Å². The Morgan fingerprint density at radius 1 is 1.50 bits per heavy atom. The molecule has 0 amide bonds. The summed E-state index contributed by atoms with van der Waals surface area (Å²) >= 11 is 3.57. The Hall–Kier alpha value is -1.17. The lowest BCUT2D eigenvalue weighted by molar-refractivity contribution is 0.628. The zero-order valence-corrected chi connectivity index (χ0v) is 12.1. The Labute approximate surface area is 115 Å². The molecule has 1 atom stereocenters. The number of nitrogens with two attached hydrogens (primary N) is 1. The van der Waals surface area contributed by atoms with Crippen LogP contribution in [0.4, 0.5) is 0 Å². The summed E-state index contributed by atoms with van der Waals surface area (Å²) in [5.74, 6) is 5.70. The summed E-state index contributed by atoms with van der Waals surface area (Å²) in [4.78, 5) is 0. The van der Waals surface area contributed by atoms with Crippen LogP contribution in [0.1, 0.15) is 29.7 Å². The summed E-state index contributed by atoms with van der Waals surface area (Å²) in [7, 11) is 0. The summed E-state index contributed by atoms with van der Waals surface area (Å²) < 4.78 is 2.93. The molecule has 4 nitrogen and oxygen atoms in total. The number of aryl methyl sites for hydroxylation is 2. The summed E-state index contributed by atoms with van der Waals surface area (Å²) in [6.07, 6.45) is 3.86. The van der Waals surface area contributed by atoms with E-state index in [1.807, 2.05) is 23.1 Å². The van der Waals surface area contributed by atoms with Crippen molar-refractivity contribution in [1.29, 1.82) is 0 Å². The first-order chi connectivity index (χ1) is 8.65. The second kappa shape index (κ2) is 5.65. The highest BCUT2D eigenvalue weighted by atomic mass is 79.9. The number of halogens is 1. The van der Waals surface area contributed by atoms with Crippen LogP contribution in [0, 0.1) is 6.92 Å². The molecule has 0 aliphatic rings. The molecule has 0 radical (unpaired) electrons. The van der Waals surface area contributed by atoms with E-state index < -0.39 is 0 Å². The molecule has 0 saturated carbocycles. The predicted octanol–water partition coefficient (Wildman–Crippen LogP) is 2.53. The first-order valence-corrected chi connectivity index (χ1v) is 6.69. The van der Waals surface area contributed by atoms with Gasteiger partial charge in [0.1, 0.15) is 0 Å². The van der Waals surface area contributed by atoms with Gasteiger partial charge in [-0.15, -0.1) is 0 Å². The zero-order valence-electron chi connectivity index (χ0n) is 10.5. The molecule has 1 aromatic carbocycles. The maximum Gasteiger partial charge on any atom is 0.0751 e. The Balaban J connectivity index is 2.41. The molecular formula is C13H17BrN4. The van der Waals surface area contributed by atoms with Crippen LogP contribution in [0.3, 0.4) is 0 Å². The maximum absolute atomic E-state index is 5.70. The predicted molar refractivity (Wildman–Crippen MR) is 75.9 cm³/mol. The van der Waals surface area contributed by atoms with Gasteiger partial charge in [-0.3, -0.25) is 10.5 Å². The minimum Gasteiger partial charge on any atom is -0.273 e. The van der Waals surface area contributed by atoms with Gasteiger partial charge >= 0.3 is 0 Å². The van der Waals surface area contributed by atoms with Crippen LogP contribution in [0.15, 0.2) is 35.1 Å². The largest absolute Gasteiger partial charge is 0.273 e. The molecule has 0 bridgehead atoms. The molecule has 1 unspecified atom stereocenters. The fourth-order valence-corrected chi connectivity index (χ4v) is 2.43. The minimum absolute atomic E-state index is 0.0559. The Morgan fingerprint density at radius 2 is 2.28 bits per heavy atom. The SMILES string of the molecule is CCn1cc(C(NN)c2cc(C)ccc2Br)cn1. The van der Waals surface area contributed by atoms with E-state index >= 15 is 0 Å². The number of rotatable bonds is 4. The van der Waals surface area contributed by atoms with E-state index in [9.17, 15) is 0 Å². The van der Waals surface area contributed by atoms with Crippen molar-refractivity contribution in [2.45, 2.75) is 26.4 Å². The van der Waals surface area contributed by atoms with E-state index in [2.05, 4.69) is 52.4 Å². The average Bonchev–Trinajstić information content (AvgIpc) is 2.83. The first-order valence-electron chi connectivity index (χ1n) is 5.90. The van der Waals surface area contributed by atoms with Gasteiger partial charge in [-0.05, 0) is 25.5 Å². The lowest BCUT2D eigenvalue weighted by atomic mass is 10.0. The Bertz CT molecular complexity index is 536. The van der Waals surface area contributed by atoms with Gasteiger partial charge < -0.3 is 0 Å². The van der Waals surface area contributed by atoms with Gasteiger partial charge in [0.15, 0.2) is 0 Å². The highest BCUT2D eigenvalue weighted by Crippen LogP contribution is 2.28. The van der Waals surface area contributed by atoms with E-state index in [0.717, 1.165) is 22.1 Å². The van der Waals surface area contributed by atoms with Crippen LogP contribution in [0.5, 0.6) is 0 Å². The second-order valence-electron chi connectivity index (χ2n) is 4.25. The van der Waals surface area contributed by atoms with E-state index in [4.69, 9.17) is 5.84 Å². The molecule has 1 heterocycles. The van der Waals surface area contributed by atoms with Crippen molar-refractivity contribution in [3.8, 4) is 0 Å². The van der Waals surface area contributed by atoms with Gasteiger partial charge in [0, 0.05) is 22.8 Å². The summed E-state index contributed by atoms with van der Waals surface area (Å²) in [6, 6.07) is 6.17. The summed E-state index contributed by atoms with van der Waals surface area (Å²) in [5, 5.41) is 4.29. The van der Waals surface area contributed by atoms with Crippen molar-refractivity contribution in [3.63, 3.8) is 0 Å². The minimum atomic E-state index is -0.0559. The molecule has 1 aromatic heterocycles. The normalized spacial score (nSPS) is 12.7. The average molecular weight is 309 g/mol. The Morgan fingerprint density at radius 3 is 2.89 bits per heavy atom. The molecule has 0 aliphatic heterocycles. The van der Waals surface area contributed by atoms with E-state index in [-0.39, 0.29) is 6.04 Å². The van der Waals surface area contributed by atoms with Crippen molar-refractivity contribution in [2.24, 2.45) is 5.84 Å². The molecular weight excluding hydrogens is 292 g/mol. The van der Waals surface area contributed by atoms with Gasteiger partial charge in [0.25, 0.3) is 0 Å². The topological polar surface area (TPSA) is 55.9 Å². The Kier molecular flexibility index (Phi) is 4.16. The van der Waals surface area contributed by atoms with Gasteiger partial charge in [-0.2, -0.15) is 5.10 Å². The molecule has 0 spiro atoms. The summed E-state index contributed by atoms with van der Waals surface area (Å²) in [5.41, 5.74) is 6.24. The molecule has 18 heavy (non-hydrogen) atoms. The number of nitrogens with zero attached hydrogens (tertiary/aromatic N) is 2. The van der Waals surface area contributed by atoms with Crippen molar-refractivity contribution >= 4 is 15.9 Å². The van der Waals surface area contributed by atoms with Gasteiger partial charge in [0.2, 0.25) is 0 Å². The molecule has 0 fully saturated rings. The molecule has 0 saturated heterocycles. The van der Waals surface area contributed by atoms with Crippen molar-refractivity contribution in [1.82, 2.24) is 15.2 Å². The van der Waals surface area contributed by atoms with Crippen molar-refractivity contribution in [2.75, 3.05) is 0 Å². The van der Waals surface area contributed by atoms with E-state index in [0.29, 0.717) is 0 Å². The lowest BCUT2D eigenvalue weighted by Crippen LogP contribution is -2.29. The fourth-order valence-electron chi connectivity index (χ4n) is 1.95. The van der Waals surface area contributed by atoms with Crippen LogP contribution in [-0.4, -0.2) is 9.78 Å². The summed E-state index contributed by atoms with van der Waals surface area (Å²) in [6.45, 7) is 4.98. The number of nitrogens with one attached hydrogen (secondary N) is 1. The number of benzene rings is 1. The first kappa shape index (κ1) is 13.3. The molecule has 3 N–H and O–H groups in total. The van der Waals surface area contributed by atoms with E-state index in [1.54, 1.807) is 0 Å². The van der Waals surface area contributed by atoms with Crippen LogP contribution >= 0.6 is 15.9 Å². The highest BCUT2D eigenvalue weighted by Gasteiger charge is 2.17. The third-order valence-corrected chi connectivity index (χ3v) is 3.66. The van der Waals surface area contributed by atoms with Gasteiger partial charge in [-0.25, -0.2) is 5.43 Å². The van der Waals surface area contributed by atoms with Crippen LogP contribution < -0.4 is 11.3 Å². The molecule has 2 aromatic rings. The number of hydrogen-bond acceptors (Lipinski definition) is 3. The van der Waals surface area contributed by atoms with E-state index in [1.165, 1.54) is 5.56 Å².